The summed E-state index contributed by atoms with van der Waals surface area (Å²) in [4.78, 5) is 0. The van der Waals surface area contributed by atoms with Crippen LogP contribution in [0.15, 0.2) is 48.1 Å². The average molecular weight is 218 g/mol. The van der Waals surface area contributed by atoms with Crippen molar-refractivity contribution >= 4 is 0 Å². The molecule has 90 valence electrons. The zero-order valence-electron chi connectivity index (χ0n) is 11.5. The summed E-state index contributed by atoms with van der Waals surface area (Å²) < 4.78 is 0. The molecule has 0 saturated carbocycles. The minimum Gasteiger partial charge on any atom is -0.0916 e. The van der Waals surface area contributed by atoms with E-state index in [1.165, 1.54) is 5.57 Å². The van der Waals surface area contributed by atoms with E-state index in [1.807, 2.05) is 0 Å². The Kier molecular flexibility index (Phi) is 7.62. The van der Waals surface area contributed by atoms with Crippen molar-refractivity contribution in [2.45, 2.75) is 47.5 Å². The molecule has 0 N–H and O–H groups in total. The van der Waals surface area contributed by atoms with Gasteiger partial charge in [-0.2, -0.15) is 0 Å². The lowest BCUT2D eigenvalue weighted by Gasteiger charge is -2.25. The molecule has 0 aromatic heterocycles. The molecule has 0 saturated heterocycles. The molecule has 0 fully saturated rings. The molecule has 0 aliphatic heterocycles. The van der Waals surface area contributed by atoms with Gasteiger partial charge in [-0.15, -0.1) is 0 Å². The SMILES string of the molecule is CC=CCC(C=CC)(C=C(C)C)CC=CC. The van der Waals surface area contributed by atoms with E-state index in [4.69, 9.17) is 0 Å². The lowest BCUT2D eigenvalue weighted by atomic mass is 9.79. The maximum absolute atomic E-state index is 2.38. The Hall–Kier alpha value is -1.04. The largest absolute Gasteiger partial charge is 0.0916 e. The van der Waals surface area contributed by atoms with Crippen LogP contribution in [0.4, 0.5) is 0 Å². The molecule has 0 amide bonds. The van der Waals surface area contributed by atoms with Gasteiger partial charge in [0, 0.05) is 5.41 Å². The van der Waals surface area contributed by atoms with Crippen LogP contribution in [-0.4, -0.2) is 0 Å². The number of rotatable bonds is 6. The number of allylic oxidation sites excluding steroid dienone is 8. The zero-order chi connectivity index (χ0) is 12.4. The van der Waals surface area contributed by atoms with Crippen molar-refractivity contribution in [3.63, 3.8) is 0 Å². The monoisotopic (exact) mass is 218 g/mol. The highest BCUT2D eigenvalue weighted by molar-refractivity contribution is 5.18. The standard InChI is InChI=1S/C16H26/c1-6-9-12-16(11-8-3,13-10-7-2)14-15(4)5/h6-11,14H,12-13H2,1-5H3. The maximum Gasteiger partial charge on any atom is 0.0132 e. The van der Waals surface area contributed by atoms with E-state index in [0.717, 1.165) is 12.8 Å². The molecule has 0 heteroatoms. The van der Waals surface area contributed by atoms with E-state index in [-0.39, 0.29) is 5.41 Å². The molecular formula is C16H26. The molecule has 0 nitrogen and oxygen atoms in total. The van der Waals surface area contributed by atoms with E-state index in [9.17, 15) is 0 Å². The van der Waals surface area contributed by atoms with Gasteiger partial charge in [0.15, 0.2) is 0 Å². The van der Waals surface area contributed by atoms with Gasteiger partial charge in [0.25, 0.3) is 0 Å². The summed E-state index contributed by atoms with van der Waals surface area (Å²) in [5.41, 5.74) is 1.54. The van der Waals surface area contributed by atoms with Crippen LogP contribution in [0.5, 0.6) is 0 Å². The van der Waals surface area contributed by atoms with Crippen molar-refractivity contribution in [3.05, 3.63) is 48.1 Å². The average Bonchev–Trinajstić information content (AvgIpc) is 2.23. The predicted molar refractivity (Wildman–Crippen MR) is 75.5 cm³/mol. The van der Waals surface area contributed by atoms with Crippen molar-refractivity contribution in [3.8, 4) is 0 Å². The highest BCUT2D eigenvalue weighted by atomic mass is 14.2. The highest BCUT2D eigenvalue weighted by Crippen LogP contribution is 2.33. The molecule has 0 spiro atoms. The first-order valence-corrected chi connectivity index (χ1v) is 6.12. The Morgan fingerprint density at radius 3 is 1.69 bits per heavy atom. The zero-order valence-corrected chi connectivity index (χ0v) is 11.5. The lowest BCUT2D eigenvalue weighted by molar-refractivity contribution is 0.502. The Bertz CT molecular complexity index is 269. The van der Waals surface area contributed by atoms with Gasteiger partial charge in [0.1, 0.15) is 0 Å². The van der Waals surface area contributed by atoms with Crippen molar-refractivity contribution in [1.82, 2.24) is 0 Å². The molecule has 0 aromatic carbocycles. The molecule has 0 rings (SSSR count). The van der Waals surface area contributed by atoms with Gasteiger partial charge in [-0.1, -0.05) is 48.1 Å². The lowest BCUT2D eigenvalue weighted by Crippen LogP contribution is -2.13. The normalized spacial score (nSPS) is 16.1. The van der Waals surface area contributed by atoms with E-state index < -0.39 is 0 Å². The van der Waals surface area contributed by atoms with Gasteiger partial charge in [0.05, 0.1) is 0 Å². The van der Waals surface area contributed by atoms with Gasteiger partial charge in [0.2, 0.25) is 0 Å². The molecule has 0 radical (unpaired) electrons. The van der Waals surface area contributed by atoms with Crippen molar-refractivity contribution in [1.29, 1.82) is 0 Å². The molecule has 0 aliphatic rings. The second-order valence-electron chi connectivity index (χ2n) is 4.50. The molecule has 0 aromatic rings. The van der Waals surface area contributed by atoms with Gasteiger partial charge >= 0.3 is 0 Å². The molecule has 0 aliphatic carbocycles. The highest BCUT2D eigenvalue weighted by Gasteiger charge is 2.20. The van der Waals surface area contributed by atoms with E-state index in [2.05, 4.69) is 77.2 Å². The van der Waals surface area contributed by atoms with Gasteiger partial charge in [-0.05, 0) is 47.5 Å². The van der Waals surface area contributed by atoms with Crippen molar-refractivity contribution in [2.75, 3.05) is 0 Å². The molecule has 0 atom stereocenters. The summed E-state index contributed by atoms with van der Waals surface area (Å²) in [6, 6.07) is 0. The summed E-state index contributed by atoms with van der Waals surface area (Å²) in [5.74, 6) is 0. The quantitative estimate of drug-likeness (QED) is 0.520. The van der Waals surface area contributed by atoms with Crippen LogP contribution in [-0.2, 0) is 0 Å². The first-order chi connectivity index (χ1) is 7.60. The molecule has 0 unspecified atom stereocenters. The summed E-state index contributed by atoms with van der Waals surface area (Å²) in [6.45, 7) is 10.6. The summed E-state index contributed by atoms with van der Waals surface area (Å²) in [7, 11) is 0. The fourth-order valence-corrected chi connectivity index (χ4v) is 1.97. The van der Waals surface area contributed by atoms with E-state index in [0.29, 0.717) is 0 Å². The smallest absolute Gasteiger partial charge is 0.0132 e. The van der Waals surface area contributed by atoms with Crippen molar-refractivity contribution < 1.29 is 0 Å². The fraction of sp³-hybridized carbons (Fsp3) is 0.500. The third-order valence-electron chi connectivity index (χ3n) is 2.54. The van der Waals surface area contributed by atoms with Gasteiger partial charge in [-0.3, -0.25) is 0 Å². The molecule has 16 heavy (non-hydrogen) atoms. The van der Waals surface area contributed by atoms with E-state index in [1.54, 1.807) is 0 Å². The Morgan fingerprint density at radius 1 is 0.875 bits per heavy atom. The number of hydrogen-bond acceptors (Lipinski definition) is 0. The minimum absolute atomic E-state index is 0.159. The molecule has 0 bridgehead atoms. The van der Waals surface area contributed by atoms with Crippen LogP contribution in [0.25, 0.3) is 0 Å². The van der Waals surface area contributed by atoms with Crippen LogP contribution in [0, 0.1) is 5.41 Å². The van der Waals surface area contributed by atoms with Gasteiger partial charge < -0.3 is 0 Å². The second-order valence-corrected chi connectivity index (χ2v) is 4.50. The van der Waals surface area contributed by atoms with Gasteiger partial charge in [-0.25, -0.2) is 0 Å². The second kappa shape index (κ2) is 8.15. The topological polar surface area (TPSA) is 0 Å². The molecule has 0 heterocycles. The van der Waals surface area contributed by atoms with E-state index >= 15 is 0 Å². The first kappa shape index (κ1) is 15.0. The number of hydrogen-bond donors (Lipinski definition) is 0. The third kappa shape index (κ3) is 5.75. The van der Waals surface area contributed by atoms with Crippen LogP contribution < -0.4 is 0 Å². The van der Waals surface area contributed by atoms with Crippen LogP contribution in [0.1, 0.15) is 47.5 Å². The Morgan fingerprint density at radius 2 is 1.38 bits per heavy atom. The fourth-order valence-electron chi connectivity index (χ4n) is 1.97. The predicted octanol–water partition coefficient (Wildman–Crippen LogP) is 5.45. The van der Waals surface area contributed by atoms with Crippen molar-refractivity contribution in [2.24, 2.45) is 5.41 Å². The van der Waals surface area contributed by atoms with Crippen LogP contribution in [0.3, 0.4) is 0 Å². The Balaban J connectivity index is 5.10. The van der Waals surface area contributed by atoms with Crippen LogP contribution in [0.2, 0.25) is 0 Å². The third-order valence-corrected chi connectivity index (χ3v) is 2.54. The summed E-state index contributed by atoms with van der Waals surface area (Å²) in [6.07, 6.45) is 17.8. The maximum atomic E-state index is 2.38. The Labute approximate surface area is 101 Å². The van der Waals surface area contributed by atoms with Crippen LogP contribution >= 0.6 is 0 Å². The minimum atomic E-state index is 0.159. The summed E-state index contributed by atoms with van der Waals surface area (Å²) in [5, 5.41) is 0. The summed E-state index contributed by atoms with van der Waals surface area (Å²) >= 11 is 0. The molecular weight excluding hydrogens is 192 g/mol. The first-order valence-electron chi connectivity index (χ1n) is 6.12.